The van der Waals surface area contributed by atoms with Crippen molar-refractivity contribution in [2.75, 3.05) is 13.1 Å². The molecule has 0 aliphatic carbocycles. The molecule has 1 aliphatic rings. The first-order valence-electron chi connectivity index (χ1n) is 10.5. The lowest BCUT2D eigenvalue weighted by Gasteiger charge is -2.38. The number of hydrogen-bond donors (Lipinski definition) is 2. The fourth-order valence-corrected chi connectivity index (χ4v) is 4.28. The molecule has 30 heavy (non-hydrogen) atoms. The Morgan fingerprint density at radius 3 is 2.87 bits per heavy atom. The first-order valence-corrected chi connectivity index (χ1v) is 10.5. The molecular formula is C23H28FN5O. The van der Waals surface area contributed by atoms with Gasteiger partial charge in [-0.15, -0.1) is 0 Å². The number of fused-ring (bicyclic) bond motifs is 1. The molecule has 2 N–H and O–H groups in total. The van der Waals surface area contributed by atoms with Crippen LogP contribution in [0.15, 0.2) is 36.7 Å². The minimum atomic E-state index is -0.393. The molecule has 2 aromatic heterocycles. The summed E-state index contributed by atoms with van der Waals surface area (Å²) in [4.78, 5) is 19.4. The van der Waals surface area contributed by atoms with E-state index in [9.17, 15) is 9.18 Å². The molecule has 2 unspecified atom stereocenters. The van der Waals surface area contributed by atoms with Gasteiger partial charge < -0.3 is 10.2 Å². The Labute approximate surface area is 175 Å². The second-order valence-corrected chi connectivity index (χ2v) is 8.66. The quantitative estimate of drug-likeness (QED) is 0.668. The number of carbonyl (C=O) groups excluding carboxylic acids is 1. The Morgan fingerprint density at radius 2 is 2.13 bits per heavy atom. The summed E-state index contributed by atoms with van der Waals surface area (Å²) < 4.78 is 13.6. The van der Waals surface area contributed by atoms with Gasteiger partial charge >= 0.3 is 0 Å². The molecule has 0 radical (unpaired) electrons. The van der Waals surface area contributed by atoms with Gasteiger partial charge in [0.1, 0.15) is 5.82 Å². The molecule has 2 atom stereocenters. The van der Waals surface area contributed by atoms with Crippen molar-refractivity contribution < 1.29 is 9.18 Å². The zero-order chi connectivity index (χ0) is 21.3. The van der Waals surface area contributed by atoms with Crippen molar-refractivity contribution in [3.63, 3.8) is 0 Å². The van der Waals surface area contributed by atoms with Gasteiger partial charge in [0.05, 0.1) is 11.7 Å². The highest BCUT2D eigenvalue weighted by Crippen LogP contribution is 2.26. The van der Waals surface area contributed by atoms with Crippen LogP contribution in [-0.2, 0) is 0 Å². The standard InChI is InChI=1S/C23H28FN5O/c1-14(2)13-29-7-6-19(8-15(29)3)26-23(30)22-20-10-16(4-5-21(20)27-28-22)17-9-18(24)12-25-11-17/h4-5,9-12,14-15,19H,6-8,13H2,1-3H3,(H,26,30)(H,27,28). The first-order chi connectivity index (χ1) is 14.4. The van der Waals surface area contributed by atoms with Crippen LogP contribution in [0, 0.1) is 11.7 Å². The number of rotatable bonds is 5. The van der Waals surface area contributed by atoms with Crippen molar-refractivity contribution in [3.05, 3.63) is 48.2 Å². The highest BCUT2D eigenvalue weighted by atomic mass is 19.1. The van der Waals surface area contributed by atoms with Gasteiger partial charge in [-0.3, -0.25) is 14.9 Å². The monoisotopic (exact) mass is 409 g/mol. The van der Waals surface area contributed by atoms with Crippen LogP contribution >= 0.6 is 0 Å². The Kier molecular flexibility index (Phi) is 5.81. The summed E-state index contributed by atoms with van der Waals surface area (Å²) in [6, 6.07) is 7.59. The predicted octanol–water partition coefficient (Wildman–Crippen LogP) is 4.00. The number of H-pyrrole nitrogens is 1. The van der Waals surface area contributed by atoms with Crippen molar-refractivity contribution >= 4 is 16.8 Å². The fraction of sp³-hybridized carbons (Fsp3) is 0.435. The van der Waals surface area contributed by atoms with Crippen LogP contribution in [0.25, 0.3) is 22.0 Å². The van der Waals surface area contributed by atoms with Crippen molar-refractivity contribution in [1.82, 2.24) is 25.4 Å². The number of hydrogen-bond acceptors (Lipinski definition) is 4. The molecule has 3 aromatic rings. The summed E-state index contributed by atoms with van der Waals surface area (Å²) in [5.74, 6) is 0.0671. The summed E-state index contributed by atoms with van der Waals surface area (Å²) >= 11 is 0. The van der Waals surface area contributed by atoms with Crippen LogP contribution in [-0.4, -0.2) is 51.2 Å². The Bertz CT molecular complexity index is 1050. The maximum atomic E-state index is 13.6. The number of nitrogens with zero attached hydrogens (tertiary/aromatic N) is 3. The number of pyridine rings is 1. The number of aromatic amines is 1. The van der Waals surface area contributed by atoms with E-state index >= 15 is 0 Å². The number of benzene rings is 1. The maximum Gasteiger partial charge on any atom is 0.272 e. The number of carbonyl (C=O) groups is 1. The molecular weight excluding hydrogens is 381 g/mol. The smallest absolute Gasteiger partial charge is 0.272 e. The number of likely N-dealkylation sites (tertiary alicyclic amines) is 1. The number of amides is 1. The Hall–Kier alpha value is -2.80. The summed E-state index contributed by atoms with van der Waals surface area (Å²) in [6.45, 7) is 8.77. The van der Waals surface area contributed by atoms with Gasteiger partial charge in [-0.2, -0.15) is 5.10 Å². The van der Waals surface area contributed by atoms with E-state index in [1.54, 1.807) is 6.20 Å². The molecule has 0 spiro atoms. The second kappa shape index (κ2) is 8.52. The van der Waals surface area contributed by atoms with Crippen molar-refractivity contribution in [2.24, 2.45) is 5.92 Å². The SMILES string of the molecule is CC(C)CN1CCC(NC(=O)c2n[nH]c3ccc(-c4cncc(F)c4)cc23)CC1C. The summed E-state index contributed by atoms with van der Waals surface area (Å²) in [6.07, 6.45) is 4.65. The van der Waals surface area contributed by atoms with Crippen molar-refractivity contribution in [2.45, 2.75) is 45.7 Å². The number of halogens is 1. The zero-order valence-corrected chi connectivity index (χ0v) is 17.7. The van der Waals surface area contributed by atoms with E-state index < -0.39 is 5.82 Å². The predicted molar refractivity (Wildman–Crippen MR) is 116 cm³/mol. The molecule has 1 fully saturated rings. The molecule has 0 bridgehead atoms. The number of nitrogens with one attached hydrogen (secondary N) is 2. The third-order valence-corrected chi connectivity index (χ3v) is 5.76. The van der Waals surface area contributed by atoms with Crippen molar-refractivity contribution in [1.29, 1.82) is 0 Å². The van der Waals surface area contributed by atoms with E-state index in [-0.39, 0.29) is 11.9 Å². The molecule has 0 saturated carbocycles. The van der Waals surface area contributed by atoms with E-state index in [0.29, 0.717) is 23.2 Å². The second-order valence-electron chi connectivity index (χ2n) is 8.66. The van der Waals surface area contributed by atoms with Gasteiger partial charge in [-0.05, 0) is 49.4 Å². The largest absolute Gasteiger partial charge is 0.348 e. The zero-order valence-electron chi connectivity index (χ0n) is 17.7. The summed E-state index contributed by atoms with van der Waals surface area (Å²) in [5, 5.41) is 11.1. The van der Waals surface area contributed by atoms with E-state index in [4.69, 9.17) is 0 Å². The molecule has 6 nitrogen and oxygen atoms in total. The molecule has 1 saturated heterocycles. The third kappa shape index (κ3) is 4.36. The molecule has 4 rings (SSSR count). The lowest BCUT2D eigenvalue weighted by molar-refractivity contribution is 0.0856. The van der Waals surface area contributed by atoms with Crippen molar-refractivity contribution in [3.8, 4) is 11.1 Å². The molecule has 1 aromatic carbocycles. The van der Waals surface area contributed by atoms with Gasteiger partial charge in [-0.1, -0.05) is 19.9 Å². The molecule has 7 heteroatoms. The highest BCUT2D eigenvalue weighted by Gasteiger charge is 2.27. The van der Waals surface area contributed by atoms with Crippen LogP contribution in [0.2, 0.25) is 0 Å². The third-order valence-electron chi connectivity index (χ3n) is 5.76. The Balaban J connectivity index is 1.50. The van der Waals surface area contributed by atoms with E-state index in [1.165, 1.54) is 12.3 Å². The maximum absolute atomic E-state index is 13.6. The lowest BCUT2D eigenvalue weighted by Crippen LogP contribution is -2.49. The van der Waals surface area contributed by atoms with Crippen LogP contribution < -0.4 is 5.32 Å². The van der Waals surface area contributed by atoms with Gasteiger partial charge in [0.25, 0.3) is 5.91 Å². The number of aromatic nitrogens is 3. The molecule has 1 amide bonds. The molecule has 1 aliphatic heterocycles. The fourth-order valence-electron chi connectivity index (χ4n) is 4.28. The molecule has 3 heterocycles. The van der Waals surface area contributed by atoms with Gasteiger partial charge in [0.15, 0.2) is 5.69 Å². The van der Waals surface area contributed by atoms with E-state index in [1.807, 2.05) is 18.2 Å². The van der Waals surface area contributed by atoms with Gasteiger partial charge in [-0.25, -0.2) is 4.39 Å². The normalized spacial score (nSPS) is 20.0. The summed E-state index contributed by atoms with van der Waals surface area (Å²) in [7, 11) is 0. The van der Waals surface area contributed by atoms with E-state index in [2.05, 4.69) is 46.2 Å². The van der Waals surface area contributed by atoms with Crippen LogP contribution in [0.4, 0.5) is 4.39 Å². The van der Waals surface area contributed by atoms with Crippen LogP contribution in [0.1, 0.15) is 44.1 Å². The van der Waals surface area contributed by atoms with E-state index in [0.717, 1.165) is 42.4 Å². The lowest BCUT2D eigenvalue weighted by atomic mass is 9.97. The minimum Gasteiger partial charge on any atom is -0.348 e. The van der Waals surface area contributed by atoms with Gasteiger partial charge in [0.2, 0.25) is 0 Å². The van der Waals surface area contributed by atoms with Gasteiger partial charge in [0, 0.05) is 42.3 Å². The van der Waals surface area contributed by atoms with Crippen LogP contribution in [0.3, 0.4) is 0 Å². The molecule has 158 valence electrons. The number of piperidine rings is 1. The first kappa shape index (κ1) is 20.5. The average molecular weight is 410 g/mol. The minimum absolute atomic E-state index is 0.137. The highest BCUT2D eigenvalue weighted by molar-refractivity contribution is 6.05. The topological polar surface area (TPSA) is 73.9 Å². The van der Waals surface area contributed by atoms with Crippen LogP contribution in [0.5, 0.6) is 0 Å². The summed E-state index contributed by atoms with van der Waals surface area (Å²) in [5.41, 5.74) is 2.60. The average Bonchev–Trinajstić information content (AvgIpc) is 3.13. The Morgan fingerprint density at radius 1 is 1.30 bits per heavy atom.